The van der Waals surface area contributed by atoms with Crippen LogP contribution in [0.3, 0.4) is 0 Å². The van der Waals surface area contributed by atoms with Crippen molar-refractivity contribution in [2.75, 3.05) is 23.9 Å². The molecule has 28 heavy (non-hydrogen) atoms. The lowest BCUT2D eigenvalue weighted by Gasteiger charge is -2.17. The van der Waals surface area contributed by atoms with E-state index in [1.807, 2.05) is 54.7 Å². The molecule has 0 aliphatic carbocycles. The molecule has 0 saturated carbocycles. The molecule has 6 heteroatoms. The van der Waals surface area contributed by atoms with Crippen LogP contribution in [0.15, 0.2) is 54.7 Å². The quantitative estimate of drug-likeness (QED) is 0.738. The number of hydrogen-bond acceptors (Lipinski definition) is 3. The molecule has 6 nitrogen and oxygen atoms in total. The van der Waals surface area contributed by atoms with E-state index in [9.17, 15) is 9.59 Å². The molecule has 1 fully saturated rings. The highest BCUT2D eigenvalue weighted by Crippen LogP contribution is 2.28. The number of hydrogen-bond donors (Lipinski definition) is 1. The molecule has 0 radical (unpaired) electrons. The SMILES string of the molecule is CCn1ccc2cc(NC(=O)C3CC(=O)N(c4ccc(OC)cc4)C3)ccc21. The zero-order valence-electron chi connectivity index (χ0n) is 16.0. The van der Waals surface area contributed by atoms with Gasteiger partial charge in [0.15, 0.2) is 0 Å². The van der Waals surface area contributed by atoms with Crippen molar-refractivity contribution < 1.29 is 14.3 Å². The van der Waals surface area contributed by atoms with Gasteiger partial charge in [0.05, 0.1) is 13.0 Å². The number of nitrogens with zero attached hydrogens (tertiary/aromatic N) is 2. The summed E-state index contributed by atoms with van der Waals surface area (Å²) in [5, 5.41) is 4.05. The lowest BCUT2D eigenvalue weighted by molar-refractivity contribution is -0.122. The number of rotatable bonds is 5. The average Bonchev–Trinajstić information content (AvgIpc) is 3.31. The smallest absolute Gasteiger partial charge is 0.229 e. The van der Waals surface area contributed by atoms with Crippen molar-refractivity contribution in [1.82, 2.24) is 4.57 Å². The van der Waals surface area contributed by atoms with Gasteiger partial charge in [-0.3, -0.25) is 9.59 Å². The lowest BCUT2D eigenvalue weighted by atomic mass is 10.1. The first-order chi connectivity index (χ1) is 13.6. The summed E-state index contributed by atoms with van der Waals surface area (Å²) in [6.07, 6.45) is 2.25. The Bertz CT molecular complexity index is 1020. The van der Waals surface area contributed by atoms with E-state index in [4.69, 9.17) is 4.74 Å². The summed E-state index contributed by atoms with van der Waals surface area (Å²) in [7, 11) is 1.60. The van der Waals surface area contributed by atoms with Crippen LogP contribution in [0.2, 0.25) is 0 Å². The Hall–Kier alpha value is -3.28. The highest BCUT2D eigenvalue weighted by Gasteiger charge is 2.35. The number of carbonyl (C=O) groups excluding carboxylic acids is 2. The molecule has 4 rings (SSSR count). The Morgan fingerprint density at radius 1 is 1.18 bits per heavy atom. The molecule has 1 N–H and O–H groups in total. The largest absolute Gasteiger partial charge is 0.497 e. The van der Waals surface area contributed by atoms with E-state index >= 15 is 0 Å². The number of methoxy groups -OCH3 is 1. The van der Waals surface area contributed by atoms with Crippen molar-refractivity contribution in [2.24, 2.45) is 5.92 Å². The van der Waals surface area contributed by atoms with E-state index in [0.717, 1.165) is 34.6 Å². The van der Waals surface area contributed by atoms with Crippen molar-refractivity contribution in [2.45, 2.75) is 19.9 Å². The van der Waals surface area contributed by atoms with Crippen LogP contribution in [0.4, 0.5) is 11.4 Å². The number of ether oxygens (including phenoxy) is 1. The van der Waals surface area contributed by atoms with E-state index in [-0.39, 0.29) is 24.2 Å². The van der Waals surface area contributed by atoms with E-state index in [1.165, 1.54) is 0 Å². The topological polar surface area (TPSA) is 63.6 Å². The van der Waals surface area contributed by atoms with E-state index in [0.29, 0.717) is 6.54 Å². The van der Waals surface area contributed by atoms with E-state index in [2.05, 4.69) is 16.8 Å². The molecule has 2 heterocycles. The molecule has 1 aliphatic rings. The van der Waals surface area contributed by atoms with Gasteiger partial charge in [-0.1, -0.05) is 0 Å². The third-order valence-corrected chi connectivity index (χ3v) is 5.26. The van der Waals surface area contributed by atoms with Gasteiger partial charge in [-0.25, -0.2) is 0 Å². The molecule has 1 unspecified atom stereocenters. The fourth-order valence-electron chi connectivity index (χ4n) is 3.69. The van der Waals surface area contributed by atoms with Crippen LogP contribution in [-0.2, 0) is 16.1 Å². The summed E-state index contributed by atoms with van der Waals surface area (Å²) in [5.41, 5.74) is 2.67. The second-order valence-electron chi connectivity index (χ2n) is 6.97. The number of aromatic nitrogens is 1. The number of aryl methyl sites for hydroxylation is 1. The summed E-state index contributed by atoms with van der Waals surface area (Å²) >= 11 is 0. The molecule has 3 aromatic rings. The fourth-order valence-corrected chi connectivity index (χ4v) is 3.69. The standard InChI is InChI=1S/C22H23N3O3/c1-3-24-11-10-15-12-17(4-9-20(15)24)23-22(27)16-13-21(26)25(14-16)18-5-7-19(28-2)8-6-18/h4-12,16H,3,13-14H2,1-2H3,(H,23,27). The lowest BCUT2D eigenvalue weighted by Crippen LogP contribution is -2.28. The summed E-state index contributed by atoms with van der Waals surface area (Å²) < 4.78 is 7.31. The second kappa shape index (κ2) is 7.38. The van der Waals surface area contributed by atoms with E-state index in [1.54, 1.807) is 12.0 Å². The monoisotopic (exact) mass is 377 g/mol. The molecule has 1 aliphatic heterocycles. The molecule has 1 atom stereocenters. The third kappa shape index (κ3) is 3.33. The zero-order valence-corrected chi connectivity index (χ0v) is 16.0. The molecule has 0 bridgehead atoms. The number of carbonyl (C=O) groups is 2. The molecule has 1 aromatic heterocycles. The van der Waals surface area contributed by atoms with Crippen LogP contribution < -0.4 is 15.0 Å². The number of fused-ring (bicyclic) bond motifs is 1. The van der Waals surface area contributed by atoms with Crippen LogP contribution in [0.1, 0.15) is 13.3 Å². The van der Waals surface area contributed by atoms with Gasteiger partial charge in [0.25, 0.3) is 0 Å². The molecule has 2 amide bonds. The highest BCUT2D eigenvalue weighted by atomic mass is 16.5. The Kier molecular flexibility index (Phi) is 4.77. The van der Waals surface area contributed by atoms with Crippen molar-refractivity contribution in [3.63, 3.8) is 0 Å². The third-order valence-electron chi connectivity index (χ3n) is 5.26. The van der Waals surface area contributed by atoms with Crippen LogP contribution in [0.25, 0.3) is 10.9 Å². The van der Waals surface area contributed by atoms with Gasteiger partial charge in [0.1, 0.15) is 5.75 Å². The van der Waals surface area contributed by atoms with Gasteiger partial charge in [-0.15, -0.1) is 0 Å². The summed E-state index contributed by atoms with van der Waals surface area (Å²) in [4.78, 5) is 26.8. The molecule has 1 saturated heterocycles. The minimum absolute atomic E-state index is 0.0409. The normalized spacial score (nSPS) is 16.6. The van der Waals surface area contributed by atoms with Crippen molar-refractivity contribution >= 4 is 34.1 Å². The van der Waals surface area contributed by atoms with Crippen LogP contribution in [0, 0.1) is 5.92 Å². The van der Waals surface area contributed by atoms with Gasteiger partial charge in [-0.05, 0) is 55.5 Å². The predicted octanol–water partition coefficient (Wildman–Crippen LogP) is 3.66. The van der Waals surface area contributed by atoms with Gasteiger partial charge in [-0.2, -0.15) is 0 Å². The maximum atomic E-state index is 12.7. The minimum Gasteiger partial charge on any atom is -0.497 e. The van der Waals surface area contributed by atoms with Crippen LogP contribution in [-0.4, -0.2) is 30.0 Å². The first-order valence-electron chi connectivity index (χ1n) is 9.43. The Balaban J connectivity index is 1.45. The maximum absolute atomic E-state index is 12.7. The second-order valence-corrected chi connectivity index (χ2v) is 6.97. The summed E-state index contributed by atoms with van der Waals surface area (Å²) in [5.74, 6) is 0.196. The van der Waals surface area contributed by atoms with Crippen molar-refractivity contribution in [1.29, 1.82) is 0 Å². The number of anilines is 2. The Morgan fingerprint density at radius 3 is 2.68 bits per heavy atom. The number of benzene rings is 2. The van der Waals surface area contributed by atoms with Crippen molar-refractivity contribution in [3.8, 4) is 5.75 Å². The van der Waals surface area contributed by atoms with E-state index < -0.39 is 0 Å². The van der Waals surface area contributed by atoms with Gasteiger partial charge in [0, 0.05) is 48.0 Å². The maximum Gasteiger partial charge on any atom is 0.229 e. The Morgan fingerprint density at radius 2 is 1.96 bits per heavy atom. The van der Waals surface area contributed by atoms with Crippen LogP contribution >= 0.6 is 0 Å². The first-order valence-corrected chi connectivity index (χ1v) is 9.43. The van der Waals surface area contributed by atoms with Gasteiger partial charge in [0.2, 0.25) is 11.8 Å². The molecular formula is C22H23N3O3. The predicted molar refractivity (Wildman–Crippen MR) is 110 cm³/mol. The van der Waals surface area contributed by atoms with Gasteiger partial charge >= 0.3 is 0 Å². The molecule has 144 valence electrons. The number of nitrogens with one attached hydrogen (secondary N) is 1. The molecule has 2 aromatic carbocycles. The number of amides is 2. The molecular weight excluding hydrogens is 354 g/mol. The minimum atomic E-state index is -0.370. The summed E-state index contributed by atoms with van der Waals surface area (Å²) in [6, 6.07) is 15.2. The summed E-state index contributed by atoms with van der Waals surface area (Å²) in [6.45, 7) is 3.38. The average molecular weight is 377 g/mol. The van der Waals surface area contributed by atoms with Gasteiger partial charge < -0.3 is 19.5 Å². The highest BCUT2D eigenvalue weighted by molar-refractivity contribution is 6.04. The molecule has 0 spiro atoms. The van der Waals surface area contributed by atoms with Crippen molar-refractivity contribution in [3.05, 3.63) is 54.7 Å². The Labute approximate surface area is 163 Å². The zero-order chi connectivity index (χ0) is 19.7. The van der Waals surface area contributed by atoms with Crippen LogP contribution in [0.5, 0.6) is 5.75 Å². The first kappa shape index (κ1) is 18.1. The fraction of sp³-hybridized carbons (Fsp3) is 0.273.